The summed E-state index contributed by atoms with van der Waals surface area (Å²) in [6, 6.07) is 6.35. The molecule has 0 N–H and O–H groups in total. The van der Waals surface area contributed by atoms with Crippen molar-refractivity contribution in [1.82, 2.24) is 4.90 Å². The molecule has 7 heteroatoms. The third kappa shape index (κ3) is 3.11. The number of carbonyl (C=O) groups is 2. The van der Waals surface area contributed by atoms with E-state index in [1.54, 1.807) is 6.08 Å². The molecule has 0 aliphatic carbocycles. The molecule has 104 valence electrons. The zero-order chi connectivity index (χ0) is 14.9. The summed E-state index contributed by atoms with van der Waals surface area (Å²) >= 11 is 9.50. The lowest BCUT2D eigenvalue weighted by Crippen LogP contribution is -2.48. The highest BCUT2D eigenvalue weighted by Crippen LogP contribution is 2.34. The minimum atomic E-state index is -1.33. The first kappa shape index (κ1) is 15.2. The SMILES string of the molecule is C[C@@H](C(=O)[O-])N1C(=O)/C(=C/c2cccc(Br)c2)SC1=S. The number of amides is 1. The topological polar surface area (TPSA) is 60.4 Å². The molecule has 4 nitrogen and oxygen atoms in total. The zero-order valence-electron chi connectivity index (χ0n) is 10.3. The Labute approximate surface area is 134 Å². The molecule has 1 fully saturated rings. The number of thioether (sulfide) groups is 1. The van der Waals surface area contributed by atoms with Gasteiger partial charge in [-0.05, 0) is 30.7 Å². The summed E-state index contributed by atoms with van der Waals surface area (Å²) in [4.78, 5) is 24.6. The van der Waals surface area contributed by atoms with E-state index in [0.29, 0.717) is 4.91 Å². The Morgan fingerprint density at radius 1 is 1.55 bits per heavy atom. The van der Waals surface area contributed by atoms with Crippen LogP contribution in [0.5, 0.6) is 0 Å². The van der Waals surface area contributed by atoms with Crippen LogP contribution >= 0.6 is 39.9 Å². The molecule has 0 spiro atoms. The minimum absolute atomic E-state index is 0.230. The second-order valence-electron chi connectivity index (χ2n) is 4.10. The molecule has 1 heterocycles. The van der Waals surface area contributed by atoms with Crippen LogP contribution < -0.4 is 5.11 Å². The Balaban J connectivity index is 2.30. The molecule has 0 bridgehead atoms. The minimum Gasteiger partial charge on any atom is -0.548 e. The summed E-state index contributed by atoms with van der Waals surface area (Å²) in [6.45, 7) is 1.38. The van der Waals surface area contributed by atoms with Crippen molar-refractivity contribution < 1.29 is 14.7 Å². The molecule has 1 aromatic rings. The second-order valence-corrected chi connectivity index (χ2v) is 6.69. The molecule has 1 aliphatic rings. The van der Waals surface area contributed by atoms with E-state index in [-0.39, 0.29) is 4.32 Å². The van der Waals surface area contributed by atoms with Crippen LogP contribution in [0.15, 0.2) is 33.6 Å². The number of hydrogen-bond donors (Lipinski definition) is 0. The molecule has 1 aromatic carbocycles. The maximum Gasteiger partial charge on any atom is 0.266 e. The second kappa shape index (κ2) is 6.07. The Hall–Kier alpha value is -1.18. The number of thiocarbonyl (C=S) groups is 1. The zero-order valence-corrected chi connectivity index (χ0v) is 13.5. The molecule has 0 unspecified atom stereocenters. The number of carboxylic acids is 1. The van der Waals surface area contributed by atoms with Crippen molar-refractivity contribution in [3.8, 4) is 0 Å². The van der Waals surface area contributed by atoms with E-state index < -0.39 is 17.9 Å². The first-order valence-electron chi connectivity index (χ1n) is 5.63. The van der Waals surface area contributed by atoms with Gasteiger partial charge in [0.25, 0.3) is 5.91 Å². The summed E-state index contributed by atoms with van der Waals surface area (Å²) < 4.78 is 1.12. The quantitative estimate of drug-likeness (QED) is 0.599. The first-order chi connectivity index (χ1) is 9.40. The highest BCUT2D eigenvalue weighted by Gasteiger charge is 2.35. The number of halogens is 1. The number of carbonyl (C=O) groups excluding carboxylic acids is 2. The normalized spacial score (nSPS) is 18.7. The van der Waals surface area contributed by atoms with Crippen LogP contribution in [0.3, 0.4) is 0 Å². The van der Waals surface area contributed by atoms with Crippen LogP contribution in [0, 0.1) is 0 Å². The average molecular weight is 371 g/mol. The lowest BCUT2D eigenvalue weighted by molar-refractivity contribution is -0.309. The summed E-state index contributed by atoms with van der Waals surface area (Å²) in [5.41, 5.74) is 0.834. The van der Waals surface area contributed by atoms with Gasteiger partial charge in [-0.15, -0.1) is 0 Å². The lowest BCUT2D eigenvalue weighted by Gasteiger charge is -2.23. The van der Waals surface area contributed by atoms with Gasteiger partial charge in [0.2, 0.25) is 0 Å². The van der Waals surface area contributed by atoms with E-state index in [2.05, 4.69) is 15.9 Å². The van der Waals surface area contributed by atoms with E-state index in [9.17, 15) is 14.7 Å². The van der Waals surface area contributed by atoms with Gasteiger partial charge in [0.1, 0.15) is 4.32 Å². The number of hydrogen-bond acceptors (Lipinski definition) is 5. The van der Waals surface area contributed by atoms with Gasteiger partial charge in [-0.25, -0.2) is 0 Å². The van der Waals surface area contributed by atoms with E-state index in [1.165, 1.54) is 6.92 Å². The monoisotopic (exact) mass is 370 g/mol. The number of benzene rings is 1. The summed E-state index contributed by atoms with van der Waals surface area (Å²) in [5, 5.41) is 10.9. The summed E-state index contributed by atoms with van der Waals surface area (Å²) in [6.07, 6.45) is 1.69. The van der Waals surface area contributed by atoms with E-state index in [0.717, 1.165) is 26.7 Å². The Kier molecular flexibility index (Phi) is 4.62. The molecule has 0 aromatic heterocycles. The van der Waals surface area contributed by atoms with Gasteiger partial charge in [-0.2, -0.15) is 0 Å². The van der Waals surface area contributed by atoms with E-state index in [4.69, 9.17) is 12.2 Å². The van der Waals surface area contributed by atoms with Crippen LogP contribution in [-0.2, 0) is 9.59 Å². The highest BCUT2D eigenvalue weighted by molar-refractivity contribution is 9.10. The van der Waals surface area contributed by atoms with Crippen LogP contribution in [0.4, 0.5) is 0 Å². The van der Waals surface area contributed by atoms with Gasteiger partial charge in [-0.3, -0.25) is 9.69 Å². The first-order valence-corrected chi connectivity index (χ1v) is 7.65. The molecule has 0 radical (unpaired) electrons. The lowest BCUT2D eigenvalue weighted by atomic mass is 10.2. The molecule has 1 saturated heterocycles. The smallest absolute Gasteiger partial charge is 0.266 e. The largest absolute Gasteiger partial charge is 0.548 e. The molecule has 1 atom stereocenters. The standard InChI is InChI=1S/C13H10BrNO3S2/c1-7(12(17)18)15-11(16)10(20-13(15)19)6-8-3-2-4-9(14)5-8/h2-7H,1H3,(H,17,18)/p-1/b10-6-/t7-/m0/s1. The van der Waals surface area contributed by atoms with Crippen LogP contribution in [0.1, 0.15) is 12.5 Å². The van der Waals surface area contributed by atoms with Crippen LogP contribution in [0.2, 0.25) is 0 Å². The van der Waals surface area contributed by atoms with E-state index in [1.807, 2.05) is 24.3 Å². The van der Waals surface area contributed by atoms with Gasteiger partial charge in [0, 0.05) is 4.47 Å². The fourth-order valence-electron chi connectivity index (χ4n) is 1.67. The van der Waals surface area contributed by atoms with Gasteiger partial charge >= 0.3 is 0 Å². The Morgan fingerprint density at radius 3 is 2.85 bits per heavy atom. The van der Waals surface area contributed by atoms with Gasteiger partial charge < -0.3 is 9.90 Å². The average Bonchev–Trinajstić information content (AvgIpc) is 2.63. The van der Waals surface area contributed by atoms with Crippen LogP contribution in [-0.4, -0.2) is 27.1 Å². The maximum absolute atomic E-state index is 12.2. The fraction of sp³-hybridized carbons (Fsp3) is 0.154. The van der Waals surface area contributed by atoms with Crippen molar-refractivity contribution in [2.45, 2.75) is 13.0 Å². The molecular formula is C13H9BrNO3S2-. The highest BCUT2D eigenvalue weighted by atomic mass is 79.9. The number of nitrogens with zero attached hydrogens (tertiary/aromatic N) is 1. The third-order valence-corrected chi connectivity index (χ3v) is 4.52. The van der Waals surface area contributed by atoms with Crippen molar-refractivity contribution >= 4 is 62.2 Å². The third-order valence-electron chi connectivity index (χ3n) is 2.70. The summed E-state index contributed by atoms with van der Waals surface area (Å²) in [5.74, 6) is -1.73. The van der Waals surface area contributed by atoms with Gasteiger partial charge in [-0.1, -0.05) is 52.0 Å². The van der Waals surface area contributed by atoms with Gasteiger partial charge in [0.05, 0.1) is 16.9 Å². The van der Waals surface area contributed by atoms with Crippen molar-refractivity contribution in [2.24, 2.45) is 0 Å². The van der Waals surface area contributed by atoms with Crippen molar-refractivity contribution in [2.75, 3.05) is 0 Å². The molecule has 2 rings (SSSR count). The van der Waals surface area contributed by atoms with Crippen LogP contribution in [0.25, 0.3) is 6.08 Å². The molecule has 1 aliphatic heterocycles. The molecule has 1 amide bonds. The number of aliphatic carboxylic acids is 1. The Morgan fingerprint density at radius 2 is 2.25 bits per heavy atom. The molecule has 20 heavy (non-hydrogen) atoms. The Bertz CT molecular complexity index is 630. The molecule has 0 saturated carbocycles. The van der Waals surface area contributed by atoms with Gasteiger partial charge in [0.15, 0.2) is 0 Å². The molecular weight excluding hydrogens is 362 g/mol. The fourth-order valence-corrected chi connectivity index (χ4v) is 3.50. The predicted octanol–water partition coefficient (Wildman–Crippen LogP) is 1.79. The predicted molar refractivity (Wildman–Crippen MR) is 83.6 cm³/mol. The van der Waals surface area contributed by atoms with E-state index >= 15 is 0 Å². The number of rotatable bonds is 3. The number of carboxylic acid groups (broad SMARTS) is 1. The van der Waals surface area contributed by atoms with Crippen molar-refractivity contribution in [1.29, 1.82) is 0 Å². The van der Waals surface area contributed by atoms with Crippen molar-refractivity contribution in [3.63, 3.8) is 0 Å². The summed E-state index contributed by atoms with van der Waals surface area (Å²) in [7, 11) is 0. The maximum atomic E-state index is 12.2. The van der Waals surface area contributed by atoms with Crippen molar-refractivity contribution in [3.05, 3.63) is 39.2 Å².